The fourth-order valence-electron chi connectivity index (χ4n) is 2.53. The van der Waals surface area contributed by atoms with Crippen LogP contribution in [0.1, 0.15) is 27.6 Å². The van der Waals surface area contributed by atoms with Crippen molar-refractivity contribution >= 4 is 22.6 Å². The molecule has 0 aliphatic heterocycles. The van der Waals surface area contributed by atoms with E-state index in [1.165, 1.54) is 6.07 Å². The number of hydrogen-bond donors (Lipinski definition) is 3. The van der Waals surface area contributed by atoms with E-state index in [1.54, 1.807) is 30.3 Å². The largest absolute Gasteiger partial charge is 0.507 e. The Morgan fingerprint density at radius 3 is 2.19 bits per heavy atom. The van der Waals surface area contributed by atoms with Crippen molar-refractivity contribution in [1.82, 2.24) is 10.9 Å². The van der Waals surface area contributed by atoms with Crippen LogP contribution < -0.4 is 15.6 Å². The first kappa shape index (κ1) is 17.3. The summed E-state index contributed by atoms with van der Waals surface area (Å²) >= 11 is 0. The molecule has 0 saturated carbocycles. The minimum atomic E-state index is -0.604. The number of nitrogens with one attached hydrogen (secondary N) is 2. The van der Waals surface area contributed by atoms with Crippen LogP contribution in [0.2, 0.25) is 0 Å². The van der Waals surface area contributed by atoms with Gasteiger partial charge in [0.25, 0.3) is 11.8 Å². The predicted octanol–water partition coefficient (Wildman–Crippen LogP) is 3.02. The lowest BCUT2D eigenvalue weighted by molar-refractivity contribution is 0.0845. The molecule has 0 aliphatic rings. The van der Waals surface area contributed by atoms with Gasteiger partial charge in [-0.25, -0.2) is 0 Å². The van der Waals surface area contributed by atoms with Crippen molar-refractivity contribution < 1.29 is 19.4 Å². The van der Waals surface area contributed by atoms with Crippen molar-refractivity contribution in [3.8, 4) is 11.5 Å². The maximum Gasteiger partial charge on any atom is 0.273 e. The highest BCUT2D eigenvalue weighted by atomic mass is 16.5. The van der Waals surface area contributed by atoms with E-state index < -0.39 is 11.8 Å². The molecular weight excluding hydrogens is 332 g/mol. The number of hydrogen-bond acceptors (Lipinski definition) is 4. The van der Waals surface area contributed by atoms with Crippen molar-refractivity contribution in [3.05, 3.63) is 71.8 Å². The van der Waals surface area contributed by atoms with Crippen LogP contribution in [0.3, 0.4) is 0 Å². The molecule has 6 nitrogen and oxygen atoms in total. The van der Waals surface area contributed by atoms with Crippen LogP contribution in [0.4, 0.5) is 0 Å². The lowest BCUT2D eigenvalue weighted by atomic mass is 10.1. The Labute approximate surface area is 150 Å². The molecule has 0 heterocycles. The van der Waals surface area contributed by atoms with Crippen molar-refractivity contribution in [3.63, 3.8) is 0 Å². The summed E-state index contributed by atoms with van der Waals surface area (Å²) < 4.78 is 5.32. The number of hydrazine groups is 1. The molecule has 0 spiro atoms. The van der Waals surface area contributed by atoms with E-state index in [9.17, 15) is 14.7 Å². The predicted molar refractivity (Wildman–Crippen MR) is 98.2 cm³/mol. The summed E-state index contributed by atoms with van der Waals surface area (Å²) in [7, 11) is 0. The van der Waals surface area contributed by atoms with E-state index in [0.29, 0.717) is 17.9 Å². The Morgan fingerprint density at radius 2 is 1.54 bits per heavy atom. The molecule has 6 heteroatoms. The van der Waals surface area contributed by atoms with Gasteiger partial charge in [0.05, 0.1) is 12.2 Å². The number of fused-ring (bicyclic) bond motifs is 1. The zero-order valence-electron chi connectivity index (χ0n) is 14.2. The molecule has 0 bridgehead atoms. The molecule has 0 fully saturated rings. The van der Waals surface area contributed by atoms with Crippen LogP contribution in [-0.4, -0.2) is 23.5 Å². The number of carbonyl (C=O) groups excluding carboxylic acids is 2. The lowest BCUT2D eigenvalue weighted by Gasteiger charge is -2.10. The molecule has 0 atom stereocenters. The number of benzene rings is 3. The van der Waals surface area contributed by atoms with Gasteiger partial charge in [0.1, 0.15) is 11.5 Å². The molecule has 3 rings (SSSR count). The quantitative estimate of drug-likeness (QED) is 0.631. The molecule has 26 heavy (non-hydrogen) atoms. The van der Waals surface area contributed by atoms with Gasteiger partial charge in [0.15, 0.2) is 0 Å². The monoisotopic (exact) mass is 350 g/mol. The smallest absolute Gasteiger partial charge is 0.273 e. The van der Waals surface area contributed by atoms with E-state index in [4.69, 9.17) is 4.74 Å². The third kappa shape index (κ3) is 3.75. The zero-order chi connectivity index (χ0) is 18.5. The second kappa shape index (κ2) is 7.57. The maximum atomic E-state index is 12.3. The van der Waals surface area contributed by atoms with Gasteiger partial charge >= 0.3 is 0 Å². The Morgan fingerprint density at radius 1 is 0.923 bits per heavy atom. The third-order valence-electron chi connectivity index (χ3n) is 3.83. The summed E-state index contributed by atoms with van der Waals surface area (Å²) in [5, 5.41) is 11.7. The third-order valence-corrected chi connectivity index (χ3v) is 3.83. The van der Waals surface area contributed by atoms with Crippen LogP contribution in [0.5, 0.6) is 11.5 Å². The fraction of sp³-hybridized carbons (Fsp3) is 0.100. The molecule has 132 valence electrons. The maximum absolute atomic E-state index is 12.3. The van der Waals surface area contributed by atoms with E-state index in [1.807, 2.05) is 31.2 Å². The normalized spacial score (nSPS) is 10.3. The average Bonchev–Trinajstić information content (AvgIpc) is 2.66. The first-order valence-electron chi connectivity index (χ1n) is 8.14. The summed E-state index contributed by atoms with van der Waals surface area (Å²) in [4.78, 5) is 24.4. The van der Waals surface area contributed by atoms with Crippen LogP contribution in [-0.2, 0) is 0 Å². The van der Waals surface area contributed by atoms with Crippen molar-refractivity contribution in [2.45, 2.75) is 6.92 Å². The Hall–Kier alpha value is -3.54. The molecule has 3 aromatic rings. The molecule has 3 aromatic carbocycles. The number of aromatic hydroxyl groups is 1. The molecule has 0 unspecified atom stereocenters. The van der Waals surface area contributed by atoms with Crippen LogP contribution >= 0.6 is 0 Å². The zero-order valence-corrected chi connectivity index (χ0v) is 14.2. The van der Waals surface area contributed by atoms with Gasteiger partial charge in [-0.15, -0.1) is 0 Å². The van der Waals surface area contributed by atoms with Gasteiger partial charge in [-0.2, -0.15) is 0 Å². The second-order valence-corrected chi connectivity index (χ2v) is 5.58. The summed E-state index contributed by atoms with van der Waals surface area (Å²) in [5.74, 6) is -0.570. The molecule has 0 aromatic heterocycles. The van der Waals surface area contributed by atoms with E-state index >= 15 is 0 Å². The van der Waals surface area contributed by atoms with E-state index in [0.717, 1.165) is 10.8 Å². The van der Waals surface area contributed by atoms with Gasteiger partial charge in [-0.3, -0.25) is 20.4 Å². The SMILES string of the molecule is CCOc1ccc(C(=O)NNC(=O)c2cc3ccccc3cc2O)cc1. The average molecular weight is 350 g/mol. The molecule has 3 N–H and O–H groups in total. The molecule has 0 saturated heterocycles. The minimum Gasteiger partial charge on any atom is -0.507 e. The Balaban J connectivity index is 1.68. The highest BCUT2D eigenvalue weighted by molar-refractivity contribution is 6.03. The minimum absolute atomic E-state index is 0.0793. The number of phenols is 1. The standard InChI is InChI=1S/C20H18N2O4/c1-2-26-16-9-7-13(8-10-16)19(24)21-22-20(25)17-11-14-5-3-4-6-15(14)12-18(17)23/h3-12,23H,2H2,1H3,(H,21,24)(H,22,25). The number of phenolic OH excluding ortho intramolecular Hbond substituents is 1. The fourth-order valence-corrected chi connectivity index (χ4v) is 2.53. The number of amides is 2. The van der Waals surface area contributed by atoms with Crippen LogP contribution in [0, 0.1) is 0 Å². The molecule has 0 aliphatic carbocycles. The summed E-state index contributed by atoms with van der Waals surface area (Å²) in [5.41, 5.74) is 5.10. The Kier molecular flexibility index (Phi) is 5.03. The molecule has 2 amide bonds. The van der Waals surface area contributed by atoms with Crippen LogP contribution in [0.25, 0.3) is 10.8 Å². The Bertz CT molecular complexity index is 952. The summed E-state index contributed by atoms with van der Waals surface area (Å²) in [6.07, 6.45) is 0. The van der Waals surface area contributed by atoms with Gasteiger partial charge in [0.2, 0.25) is 0 Å². The van der Waals surface area contributed by atoms with Crippen molar-refractivity contribution in [2.75, 3.05) is 6.61 Å². The second-order valence-electron chi connectivity index (χ2n) is 5.58. The van der Waals surface area contributed by atoms with E-state index in [-0.39, 0.29) is 11.3 Å². The van der Waals surface area contributed by atoms with Gasteiger partial charge < -0.3 is 9.84 Å². The topological polar surface area (TPSA) is 87.7 Å². The summed E-state index contributed by atoms with van der Waals surface area (Å²) in [6, 6.07) is 17.0. The highest BCUT2D eigenvalue weighted by Crippen LogP contribution is 2.24. The first-order valence-corrected chi connectivity index (χ1v) is 8.14. The number of carbonyl (C=O) groups is 2. The van der Waals surface area contributed by atoms with Crippen molar-refractivity contribution in [2.24, 2.45) is 0 Å². The number of rotatable bonds is 4. The van der Waals surface area contributed by atoms with Crippen LogP contribution in [0.15, 0.2) is 60.7 Å². The van der Waals surface area contributed by atoms with E-state index in [2.05, 4.69) is 10.9 Å². The highest BCUT2D eigenvalue weighted by Gasteiger charge is 2.14. The molecular formula is C20H18N2O4. The number of ether oxygens (including phenoxy) is 1. The summed E-state index contributed by atoms with van der Waals surface area (Å²) in [6.45, 7) is 2.41. The molecule has 0 radical (unpaired) electrons. The van der Waals surface area contributed by atoms with Gasteiger partial charge in [0, 0.05) is 5.56 Å². The first-order chi connectivity index (χ1) is 12.6. The van der Waals surface area contributed by atoms with Crippen molar-refractivity contribution in [1.29, 1.82) is 0 Å². The lowest BCUT2D eigenvalue weighted by Crippen LogP contribution is -2.41. The van der Waals surface area contributed by atoms with Gasteiger partial charge in [-0.05, 0) is 54.1 Å². The van der Waals surface area contributed by atoms with Gasteiger partial charge in [-0.1, -0.05) is 24.3 Å².